The predicted molar refractivity (Wildman–Crippen MR) is 74.5 cm³/mol. The first kappa shape index (κ1) is 14.3. The lowest BCUT2D eigenvalue weighted by atomic mass is 10.00. The highest BCUT2D eigenvalue weighted by Crippen LogP contribution is 2.20. The molecule has 4 heteroatoms. The minimum Gasteiger partial charge on any atom is -0.374 e. The van der Waals surface area contributed by atoms with E-state index in [1.165, 1.54) is 19.3 Å². The van der Waals surface area contributed by atoms with Gasteiger partial charge in [0.2, 0.25) is 0 Å². The van der Waals surface area contributed by atoms with Gasteiger partial charge in [-0.2, -0.15) is 0 Å². The van der Waals surface area contributed by atoms with Crippen molar-refractivity contribution < 1.29 is 4.74 Å². The van der Waals surface area contributed by atoms with Gasteiger partial charge >= 0.3 is 0 Å². The van der Waals surface area contributed by atoms with Crippen LogP contribution in [0.3, 0.4) is 0 Å². The van der Waals surface area contributed by atoms with Gasteiger partial charge in [-0.05, 0) is 33.2 Å². The summed E-state index contributed by atoms with van der Waals surface area (Å²) in [5.41, 5.74) is 3.62. The van der Waals surface area contributed by atoms with Crippen LogP contribution in [0.2, 0.25) is 0 Å². The van der Waals surface area contributed by atoms with Crippen LogP contribution in [0.1, 0.15) is 40.0 Å². The van der Waals surface area contributed by atoms with Crippen LogP contribution >= 0.6 is 0 Å². The van der Waals surface area contributed by atoms with Gasteiger partial charge in [-0.3, -0.25) is 10.3 Å². The van der Waals surface area contributed by atoms with Crippen LogP contribution < -0.4 is 5.43 Å². The number of ether oxygens (including phenoxy) is 1. The van der Waals surface area contributed by atoms with Gasteiger partial charge in [0.1, 0.15) is 0 Å². The van der Waals surface area contributed by atoms with Crippen LogP contribution in [0.25, 0.3) is 0 Å². The normalized spacial score (nSPS) is 35.8. The summed E-state index contributed by atoms with van der Waals surface area (Å²) < 4.78 is 5.84. The Morgan fingerprint density at radius 1 is 1.22 bits per heavy atom. The third-order valence-corrected chi connectivity index (χ3v) is 4.37. The lowest BCUT2D eigenvalue weighted by Gasteiger charge is -2.41. The molecule has 2 aliphatic heterocycles. The molecule has 2 aliphatic rings. The van der Waals surface area contributed by atoms with E-state index in [4.69, 9.17) is 4.74 Å². The number of nitrogens with zero attached hydrogens (tertiary/aromatic N) is 2. The molecule has 2 heterocycles. The topological polar surface area (TPSA) is 27.7 Å². The van der Waals surface area contributed by atoms with Crippen LogP contribution in [-0.2, 0) is 4.74 Å². The van der Waals surface area contributed by atoms with Crippen molar-refractivity contribution in [2.45, 2.75) is 58.2 Å². The summed E-state index contributed by atoms with van der Waals surface area (Å²) in [5, 5.41) is 2.44. The second kappa shape index (κ2) is 6.85. The molecule has 0 amide bonds. The Balaban J connectivity index is 1.76. The number of hydrazine groups is 1. The highest BCUT2D eigenvalue weighted by atomic mass is 16.5. The molecule has 0 radical (unpaired) electrons. The monoisotopic (exact) mass is 255 g/mol. The van der Waals surface area contributed by atoms with Crippen LogP contribution in [0.5, 0.6) is 0 Å². The van der Waals surface area contributed by atoms with E-state index in [0.717, 1.165) is 32.8 Å². The Bertz CT molecular complexity index is 239. The lowest BCUT2D eigenvalue weighted by Crippen LogP contribution is -2.56. The van der Waals surface area contributed by atoms with Gasteiger partial charge in [0.25, 0.3) is 0 Å². The summed E-state index contributed by atoms with van der Waals surface area (Å²) in [6, 6.07) is 1.30. The van der Waals surface area contributed by atoms with Crippen molar-refractivity contribution in [2.24, 2.45) is 0 Å². The van der Waals surface area contributed by atoms with Crippen LogP contribution in [0.15, 0.2) is 0 Å². The summed E-state index contributed by atoms with van der Waals surface area (Å²) in [6.07, 6.45) is 4.33. The molecular formula is C14H29N3O. The Hall–Kier alpha value is -0.160. The van der Waals surface area contributed by atoms with E-state index >= 15 is 0 Å². The van der Waals surface area contributed by atoms with Crippen LogP contribution in [-0.4, -0.2) is 60.9 Å². The molecule has 0 saturated carbocycles. The van der Waals surface area contributed by atoms with Crippen molar-refractivity contribution in [2.75, 3.05) is 32.8 Å². The number of piperidine rings is 1. The molecule has 2 saturated heterocycles. The SMILES string of the molecule is CCN1CCOC(CNN2C(C)CCCC2C)C1. The maximum atomic E-state index is 5.84. The number of rotatable bonds is 4. The van der Waals surface area contributed by atoms with Crippen LogP contribution in [0.4, 0.5) is 0 Å². The fraction of sp³-hybridized carbons (Fsp3) is 1.00. The third-order valence-electron chi connectivity index (χ3n) is 4.37. The fourth-order valence-corrected chi connectivity index (χ4v) is 3.13. The molecule has 2 fully saturated rings. The quantitative estimate of drug-likeness (QED) is 0.823. The highest BCUT2D eigenvalue weighted by Gasteiger charge is 2.26. The summed E-state index contributed by atoms with van der Waals surface area (Å²) in [5.74, 6) is 0. The Morgan fingerprint density at radius 2 is 1.94 bits per heavy atom. The van der Waals surface area contributed by atoms with Gasteiger partial charge in [-0.25, -0.2) is 5.01 Å². The zero-order valence-corrected chi connectivity index (χ0v) is 12.2. The second-order valence-electron chi connectivity index (χ2n) is 5.78. The van der Waals surface area contributed by atoms with Gasteiger partial charge in [0.15, 0.2) is 0 Å². The fourth-order valence-electron chi connectivity index (χ4n) is 3.13. The molecule has 0 aromatic carbocycles. The van der Waals surface area contributed by atoms with Crippen LogP contribution in [0, 0.1) is 0 Å². The Morgan fingerprint density at radius 3 is 2.61 bits per heavy atom. The molecule has 0 aliphatic carbocycles. The summed E-state index contributed by atoms with van der Waals surface area (Å²) >= 11 is 0. The van der Waals surface area contributed by atoms with E-state index in [1.807, 2.05) is 0 Å². The molecule has 1 N–H and O–H groups in total. The summed E-state index contributed by atoms with van der Waals surface area (Å²) in [7, 11) is 0. The molecule has 3 atom stereocenters. The van der Waals surface area contributed by atoms with E-state index in [-0.39, 0.29) is 0 Å². The van der Waals surface area contributed by atoms with E-state index in [2.05, 4.69) is 36.1 Å². The molecule has 106 valence electrons. The first-order valence-corrected chi connectivity index (χ1v) is 7.56. The molecule has 0 bridgehead atoms. The van der Waals surface area contributed by atoms with Crippen molar-refractivity contribution in [3.05, 3.63) is 0 Å². The van der Waals surface area contributed by atoms with E-state index in [0.29, 0.717) is 18.2 Å². The average Bonchev–Trinajstić information content (AvgIpc) is 2.38. The summed E-state index contributed by atoms with van der Waals surface area (Å²) in [6.45, 7) is 12.0. The molecule has 2 rings (SSSR count). The van der Waals surface area contributed by atoms with Crippen molar-refractivity contribution >= 4 is 0 Å². The Labute approximate surface area is 112 Å². The number of likely N-dealkylation sites (N-methyl/N-ethyl adjacent to an activating group) is 1. The number of morpholine rings is 1. The first-order valence-electron chi connectivity index (χ1n) is 7.56. The van der Waals surface area contributed by atoms with E-state index in [1.54, 1.807) is 0 Å². The lowest BCUT2D eigenvalue weighted by molar-refractivity contribution is -0.0458. The van der Waals surface area contributed by atoms with Gasteiger partial charge in [-0.15, -0.1) is 0 Å². The largest absolute Gasteiger partial charge is 0.374 e. The summed E-state index contributed by atoms with van der Waals surface area (Å²) in [4.78, 5) is 2.47. The zero-order valence-electron chi connectivity index (χ0n) is 12.2. The van der Waals surface area contributed by atoms with Crippen molar-refractivity contribution in [3.8, 4) is 0 Å². The zero-order chi connectivity index (χ0) is 13.0. The highest BCUT2D eigenvalue weighted by molar-refractivity contribution is 4.79. The number of hydrogen-bond acceptors (Lipinski definition) is 4. The maximum absolute atomic E-state index is 5.84. The van der Waals surface area contributed by atoms with Gasteiger partial charge < -0.3 is 4.74 Å². The van der Waals surface area contributed by atoms with Gasteiger partial charge in [0, 0.05) is 31.7 Å². The Kier molecular flexibility index (Phi) is 5.42. The van der Waals surface area contributed by atoms with Crippen molar-refractivity contribution in [1.29, 1.82) is 0 Å². The number of nitrogens with one attached hydrogen (secondary N) is 1. The standard InChI is InChI=1S/C14H29N3O/c1-4-16-8-9-18-14(11-16)10-15-17-12(2)6-5-7-13(17)3/h12-15H,4-11H2,1-3H3. The minimum absolute atomic E-state index is 0.347. The molecule has 18 heavy (non-hydrogen) atoms. The van der Waals surface area contributed by atoms with Gasteiger partial charge in [-0.1, -0.05) is 13.3 Å². The van der Waals surface area contributed by atoms with Gasteiger partial charge in [0.05, 0.1) is 12.7 Å². The van der Waals surface area contributed by atoms with Crippen molar-refractivity contribution in [3.63, 3.8) is 0 Å². The van der Waals surface area contributed by atoms with E-state index < -0.39 is 0 Å². The number of hydrogen-bond donors (Lipinski definition) is 1. The average molecular weight is 255 g/mol. The molecule has 3 unspecified atom stereocenters. The minimum atomic E-state index is 0.347. The molecular weight excluding hydrogens is 226 g/mol. The predicted octanol–water partition coefficient (Wildman–Crippen LogP) is 1.47. The smallest absolute Gasteiger partial charge is 0.0840 e. The molecule has 0 aromatic heterocycles. The molecule has 4 nitrogen and oxygen atoms in total. The second-order valence-corrected chi connectivity index (χ2v) is 5.78. The maximum Gasteiger partial charge on any atom is 0.0840 e. The third kappa shape index (κ3) is 3.67. The molecule has 0 aromatic rings. The first-order chi connectivity index (χ1) is 8.70. The van der Waals surface area contributed by atoms with Crippen molar-refractivity contribution in [1.82, 2.24) is 15.3 Å². The molecule has 0 spiro atoms. The van der Waals surface area contributed by atoms with E-state index in [9.17, 15) is 0 Å².